The lowest BCUT2D eigenvalue weighted by Crippen LogP contribution is -2.50. The molecule has 27 heavy (non-hydrogen) atoms. The van der Waals surface area contributed by atoms with Crippen LogP contribution < -0.4 is 4.74 Å². The number of carbonyl (C=O) groups is 2. The third-order valence-electron chi connectivity index (χ3n) is 5.39. The van der Waals surface area contributed by atoms with Gasteiger partial charge in [-0.3, -0.25) is 9.59 Å². The average Bonchev–Trinajstić information content (AvgIpc) is 3.10. The summed E-state index contributed by atoms with van der Waals surface area (Å²) in [6.07, 6.45) is 3.69. The number of rotatable bonds is 3. The summed E-state index contributed by atoms with van der Waals surface area (Å²) in [5.41, 5.74) is 4.31. The fourth-order valence-electron chi connectivity index (χ4n) is 3.69. The highest BCUT2D eigenvalue weighted by atomic mass is 16.5. The molecule has 3 rings (SSSR count). The second-order valence-corrected chi connectivity index (χ2v) is 7.17. The predicted octanol–water partition coefficient (Wildman–Crippen LogP) is 2.56. The zero-order chi connectivity index (χ0) is 19.7. The maximum atomic E-state index is 13.1. The Kier molecular flexibility index (Phi) is 5.26. The second-order valence-electron chi connectivity index (χ2n) is 7.17. The van der Waals surface area contributed by atoms with Gasteiger partial charge in [-0.15, -0.1) is 0 Å². The Morgan fingerprint density at radius 1 is 0.963 bits per heavy atom. The topological polar surface area (TPSA) is 54.8 Å². The quantitative estimate of drug-likeness (QED) is 0.836. The summed E-state index contributed by atoms with van der Waals surface area (Å²) in [7, 11) is 3.55. The standard InChI is InChI=1S/C21H27N3O3/c1-14-12-18(15(2)16(3)19(14)27-5)21(26)24-10-8-23(9-11-24)20(25)17-6-7-22(4)13-17/h6-7,12-13H,8-11H2,1-5H3. The maximum absolute atomic E-state index is 13.1. The van der Waals surface area contributed by atoms with Gasteiger partial charge in [-0.1, -0.05) is 0 Å². The van der Waals surface area contributed by atoms with Gasteiger partial charge in [-0.2, -0.15) is 0 Å². The third-order valence-corrected chi connectivity index (χ3v) is 5.39. The number of hydrogen-bond acceptors (Lipinski definition) is 3. The monoisotopic (exact) mass is 369 g/mol. The number of amides is 2. The van der Waals surface area contributed by atoms with Gasteiger partial charge in [0.05, 0.1) is 12.7 Å². The number of methoxy groups -OCH3 is 1. The first kappa shape index (κ1) is 19.0. The molecule has 0 bridgehead atoms. The molecule has 2 amide bonds. The van der Waals surface area contributed by atoms with Crippen LogP contribution in [-0.4, -0.2) is 59.5 Å². The second kappa shape index (κ2) is 7.47. The molecular weight excluding hydrogens is 342 g/mol. The van der Waals surface area contributed by atoms with Crippen molar-refractivity contribution in [3.05, 3.63) is 52.3 Å². The van der Waals surface area contributed by atoms with Crippen LogP contribution in [0.3, 0.4) is 0 Å². The largest absolute Gasteiger partial charge is 0.496 e. The number of aromatic nitrogens is 1. The minimum atomic E-state index is 0.0214. The number of carbonyl (C=O) groups excluding carboxylic acids is 2. The van der Waals surface area contributed by atoms with E-state index >= 15 is 0 Å². The molecule has 0 spiro atoms. The van der Waals surface area contributed by atoms with E-state index in [9.17, 15) is 9.59 Å². The molecule has 2 aromatic rings. The number of aryl methyl sites for hydroxylation is 2. The van der Waals surface area contributed by atoms with Gasteiger partial charge in [0.1, 0.15) is 5.75 Å². The Morgan fingerprint density at radius 3 is 2.07 bits per heavy atom. The molecule has 1 fully saturated rings. The van der Waals surface area contributed by atoms with Crippen LogP contribution in [0.25, 0.3) is 0 Å². The van der Waals surface area contributed by atoms with E-state index in [2.05, 4.69) is 0 Å². The van der Waals surface area contributed by atoms with Crippen LogP contribution in [0.5, 0.6) is 5.75 Å². The smallest absolute Gasteiger partial charge is 0.255 e. The molecule has 6 nitrogen and oxygen atoms in total. The van der Waals surface area contributed by atoms with Crippen LogP contribution >= 0.6 is 0 Å². The fraction of sp³-hybridized carbons (Fsp3) is 0.429. The zero-order valence-corrected chi connectivity index (χ0v) is 16.7. The van der Waals surface area contributed by atoms with Crippen molar-refractivity contribution < 1.29 is 14.3 Å². The molecule has 2 heterocycles. The first-order valence-corrected chi connectivity index (χ1v) is 9.18. The molecule has 6 heteroatoms. The van der Waals surface area contributed by atoms with Crippen LogP contribution in [-0.2, 0) is 7.05 Å². The number of piperazine rings is 1. The molecule has 1 saturated heterocycles. The van der Waals surface area contributed by atoms with Crippen LogP contribution in [0.15, 0.2) is 24.5 Å². The van der Waals surface area contributed by atoms with E-state index in [1.807, 2.05) is 66.7 Å². The van der Waals surface area contributed by atoms with Crippen LogP contribution in [0, 0.1) is 20.8 Å². The van der Waals surface area contributed by atoms with Crippen molar-refractivity contribution in [2.24, 2.45) is 7.05 Å². The average molecular weight is 369 g/mol. The predicted molar refractivity (Wildman–Crippen MR) is 104 cm³/mol. The van der Waals surface area contributed by atoms with Crippen LogP contribution in [0.1, 0.15) is 37.4 Å². The lowest BCUT2D eigenvalue weighted by atomic mass is 9.97. The summed E-state index contributed by atoms with van der Waals surface area (Å²) >= 11 is 0. The van der Waals surface area contributed by atoms with Gasteiger partial charge in [-0.05, 0) is 49.6 Å². The van der Waals surface area contributed by atoms with E-state index in [1.165, 1.54) is 0 Å². The van der Waals surface area contributed by atoms with Gasteiger partial charge in [0.2, 0.25) is 0 Å². The highest BCUT2D eigenvalue weighted by Crippen LogP contribution is 2.29. The van der Waals surface area contributed by atoms with Crippen LogP contribution in [0.2, 0.25) is 0 Å². The Hall–Kier alpha value is -2.76. The van der Waals surface area contributed by atoms with Gasteiger partial charge >= 0.3 is 0 Å². The molecule has 144 valence electrons. The van der Waals surface area contributed by atoms with Gasteiger partial charge in [-0.25, -0.2) is 0 Å². The van der Waals surface area contributed by atoms with E-state index in [0.717, 1.165) is 22.4 Å². The summed E-state index contributed by atoms with van der Waals surface area (Å²) in [6, 6.07) is 3.73. The minimum absolute atomic E-state index is 0.0214. The van der Waals surface area contributed by atoms with Crippen molar-refractivity contribution in [2.45, 2.75) is 20.8 Å². The van der Waals surface area contributed by atoms with Crippen molar-refractivity contribution in [1.82, 2.24) is 14.4 Å². The van der Waals surface area contributed by atoms with E-state index in [-0.39, 0.29) is 11.8 Å². The lowest BCUT2D eigenvalue weighted by molar-refractivity contribution is 0.0535. The first-order chi connectivity index (χ1) is 12.8. The van der Waals surface area contributed by atoms with Gasteiger partial charge in [0, 0.05) is 51.2 Å². The van der Waals surface area contributed by atoms with E-state index in [0.29, 0.717) is 37.3 Å². The van der Waals surface area contributed by atoms with Crippen molar-refractivity contribution in [3.63, 3.8) is 0 Å². The highest BCUT2D eigenvalue weighted by molar-refractivity contribution is 5.97. The summed E-state index contributed by atoms with van der Waals surface area (Å²) in [5.74, 6) is 0.880. The van der Waals surface area contributed by atoms with E-state index in [1.54, 1.807) is 7.11 Å². The molecule has 0 aliphatic carbocycles. The fourth-order valence-corrected chi connectivity index (χ4v) is 3.69. The molecule has 1 aromatic heterocycles. The van der Waals surface area contributed by atoms with E-state index < -0.39 is 0 Å². The van der Waals surface area contributed by atoms with Crippen LogP contribution in [0.4, 0.5) is 0 Å². The Bertz CT molecular complexity index is 877. The van der Waals surface area contributed by atoms with Gasteiger partial charge in [0.25, 0.3) is 11.8 Å². The van der Waals surface area contributed by atoms with E-state index in [4.69, 9.17) is 4.74 Å². The Balaban J connectivity index is 1.71. The number of ether oxygens (including phenoxy) is 1. The molecule has 0 unspecified atom stereocenters. The summed E-state index contributed by atoms with van der Waals surface area (Å²) in [6.45, 7) is 8.08. The molecule has 0 radical (unpaired) electrons. The van der Waals surface area contributed by atoms with Crippen molar-refractivity contribution >= 4 is 11.8 Å². The molecule has 1 aromatic carbocycles. The highest BCUT2D eigenvalue weighted by Gasteiger charge is 2.27. The third kappa shape index (κ3) is 3.56. The Morgan fingerprint density at radius 2 is 1.56 bits per heavy atom. The van der Waals surface area contributed by atoms with Gasteiger partial charge in [0.15, 0.2) is 0 Å². The number of benzene rings is 1. The lowest BCUT2D eigenvalue weighted by Gasteiger charge is -2.35. The number of hydrogen-bond donors (Lipinski definition) is 0. The Labute approximate surface area is 160 Å². The molecule has 1 aliphatic rings. The molecule has 0 atom stereocenters. The first-order valence-electron chi connectivity index (χ1n) is 9.18. The normalized spacial score (nSPS) is 14.4. The van der Waals surface area contributed by atoms with Crippen molar-refractivity contribution in [3.8, 4) is 5.75 Å². The molecule has 0 saturated carbocycles. The molecular formula is C21H27N3O3. The van der Waals surface area contributed by atoms with Crippen molar-refractivity contribution in [1.29, 1.82) is 0 Å². The minimum Gasteiger partial charge on any atom is -0.496 e. The maximum Gasteiger partial charge on any atom is 0.255 e. The summed E-state index contributed by atoms with van der Waals surface area (Å²) in [5, 5.41) is 0. The SMILES string of the molecule is COc1c(C)cc(C(=O)N2CCN(C(=O)c3ccn(C)c3)CC2)c(C)c1C. The molecule has 0 N–H and O–H groups in total. The number of nitrogens with zero attached hydrogens (tertiary/aromatic N) is 3. The summed E-state index contributed by atoms with van der Waals surface area (Å²) < 4.78 is 7.32. The molecule has 1 aliphatic heterocycles. The summed E-state index contributed by atoms with van der Waals surface area (Å²) in [4.78, 5) is 29.3. The van der Waals surface area contributed by atoms with Gasteiger partial charge < -0.3 is 19.1 Å². The zero-order valence-electron chi connectivity index (χ0n) is 16.7. The van der Waals surface area contributed by atoms with Crippen molar-refractivity contribution in [2.75, 3.05) is 33.3 Å².